The molecule has 0 saturated heterocycles. The van der Waals surface area contributed by atoms with Crippen LogP contribution in [0.4, 0.5) is 0 Å². The van der Waals surface area contributed by atoms with Gasteiger partial charge in [-0.3, -0.25) is 0 Å². The number of nitrogens with zero attached hydrogens (tertiary/aromatic N) is 1. The summed E-state index contributed by atoms with van der Waals surface area (Å²) in [6, 6.07) is 19.6. The van der Waals surface area contributed by atoms with Crippen molar-refractivity contribution in [2.75, 3.05) is 20.6 Å². The topological polar surface area (TPSA) is 3.24 Å². The highest BCUT2D eigenvalue weighted by Gasteiger charge is 2.35. The summed E-state index contributed by atoms with van der Waals surface area (Å²) in [7, 11) is 4.28. The second-order valence-electron chi connectivity index (χ2n) is 5.81. The quantitative estimate of drug-likeness (QED) is 0.810. The Morgan fingerprint density at radius 2 is 1.57 bits per heavy atom. The zero-order chi connectivity index (χ0) is 14.0. The highest BCUT2D eigenvalue weighted by molar-refractivity contribution is 5.85. The van der Waals surface area contributed by atoms with Crippen LogP contribution in [0.5, 0.6) is 0 Å². The maximum atomic E-state index is 2.39. The summed E-state index contributed by atoms with van der Waals surface area (Å²) in [5.41, 5.74) is 4.22. The van der Waals surface area contributed by atoms with Crippen molar-refractivity contribution in [3.05, 3.63) is 77.4 Å². The van der Waals surface area contributed by atoms with Crippen molar-refractivity contribution in [3.8, 4) is 0 Å². The number of allylic oxidation sites excluding steroid dienone is 1. The second kappa shape index (κ2) is 6.46. The zero-order valence-electron chi connectivity index (χ0n) is 12.6. The summed E-state index contributed by atoms with van der Waals surface area (Å²) in [4.78, 5) is 2.26. The molecule has 0 N–H and O–H groups in total. The van der Waals surface area contributed by atoms with Gasteiger partial charge in [-0.2, -0.15) is 0 Å². The third-order valence-electron chi connectivity index (χ3n) is 4.23. The van der Waals surface area contributed by atoms with Crippen LogP contribution in [-0.4, -0.2) is 25.5 Å². The number of fused-ring (bicyclic) bond motifs is 1. The van der Waals surface area contributed by atoms with Crippen LogP contribution in [0.2, 0.25) is 0 Å². The van der Waals surface area contributed by atoms with E-state index in [0.29, 0.717) is 0 Å². The lowest BCUT2D eigenvalue weighted by Crippen LogP contribution is -2.29. The van der Waals surface area contributed by atoms with E-state index in [1.54, 1.807) is 0 Å². The molecule has 1 atom stereocenters. The van der Waals surface area contributed by atoms with E-state index in [4.69, 9.17) is 0 Å². The highest BCUT2D eigenvalue weighted by atomic mass is 35.5. The molecule has 110 valence electrons. The molecule has 0 amide bonds. The summed E-state index contributed by atoms with van der Waals surface area (Å²) < 4.78 is 0. The molecule has 1 aliphatic rings. The molecule has 0 bridgehead atoms. The first-order valence-corrected chi connectivity index (χ1v) is 7.21. The molecule has 0 aliphatic heterocycles. The van der Waals surface area contributed by atoms with Gasteiger partial charge in [-0.15, -0.1) is 12.4 Å². The van der Waals surface area contributed by atoms with Gasteiger partial charge in [0.25, 0.3) is 0 Å². The van der Waals surface area contributed by atoms with Crippen LogP contribution >= 0.6 is 12.4 Å². The first-order chi connectivity index (χ1) is 9.72. The summed E-state index contributed by atoms with van der Waals surface area (Å²) in [6.45, 7) is 1.08. The predicted octanol–water partition coefficient (Wildman–Crippen LogP) is 4.37. The fourth-order valence-corrected chi connectivity index (χ4v) is 3.12. The van der Waals surface area contributed by atoms with Crippen LogP contribution in [0.25, 0.3) is 6.08 Å². The van der Waals surface area contributed by atoms with E-state index >= 15 is 0 Å². The molecule has 1 aliphatic carbocycles. The molecule has 1 nitrogen and oxygen atoms in total. The molecule has 2 heteroatoms. The van der Waals surface area contributed by atoms with Crippen LogP contribution in [0.1, 0.15) is 23.1 Å². The Morgan fingerprint density at radius 3 is 2.29 bits per heavy atom. The van der Waals surface area contributed by atoms with Crippen LogP contribution in [0, 0.1) is 0 Å². The number of hydrogen-bond donors (Lipinski definition) is 0. The Labute approximate surface area is 133 Å². The Hall–Kier alpha value is -1.57. The number of hydrogen-bond acceptors (Lipinski definition) is 1. The minimum atomic E-state index is 0. The normalized spacial score (nSPS) is 19.4. The van der Waals surface area contributed by atoms with Crippen LogP contribution in [-0.2, 0) is 5.41 Å². The minimum Gasteiger partial charge on any atom is -0.309 e. The molecular formula is C19H22ClN. The van der Waals surface area contributed by atoms with Crippen molar-refractivity contribution < 1.29 is 0 Å². The number of rotatable bonds is 4. The molecule has 2 aromatic rings. The molecule has 21 heavy (non-hydrogen) atoms. The molecule has 0 aromatic heterocycles. The third-order valence-corrected chi connectivity index (χ3v) is 4.23. The van der Waals surface area contributed by atoms with Crippen molar-refractivity contribution >= 4 is 18.5 Å². The Morgan fingerprint density at radius 1 is 0.905 bits per heavy atom. The SMILES string of the molecule is CN(C)CCC1(c2ccccc2)C=Cc2ccccc21.Cl. The molecule has 0 radical (unpaired) electrons. The van der Waals surface area contributed by atoms with Gasteiger partial charge < -0.3 is 4.90 Å². The lowest BCUT2D eigenvalue weighted by molar-refractivity contribution is 0.370. The van der Waals surface area contributed by atoms with Crippen molar-refractivity contribution in [1.29, 1.82) is 0 Å². The fourth-order valence-electron chi connectivity index (χ4n) is 3.12. The molecule has 0 heterocycles. The predicted molar refractivity (Wildman–Crippen MR) is 93.1 cm³/mol. The number of benzene rings is 2. The Balaban J connectivity index is 0.00000161. The molecule has 1 unspecified atom stereocenters. The zero-order valence-corrected chi connectivity index (χ0v) is 13.4. The smallest absolute Gasteiger partial charge is 0.0403 e. The van der Waals surface area contributed by atoms with Gasteiger partial charge >= 0.3 is 0 Å². The molecular weight excluding hydrogens is 278 g/mol. The molecule has 2 aromatic carbocycles. The molecule has 3 rings (SSSR count). The summed E-state index contributed by atoms with van der Waals surface area (Å²) in [5.74, 6) is 0. The average molecular weight is 300 g/mol. The molecule has 0 spiro atoms. The number of halogens is 1. The van der Waals surface area contributed by atoms with Crippen molar-refractivity contribution in [1.82, 2.24) is 4.90 Å². The first-order valence-electron chi connectivity index (χ1n) is 7.21. The summed E-state index contributed by atoms with van der Waals surface area (Å²) in [6.07, 6.45) is 5.77. The second-order valence-corrected chi connectivity index (χ2v) is 5.81. The van der Waals surface area contributed by atoms with Crippen molar-refractivity contribution in [2.24, 2.45) is 0 Å². The van der Waals surface area contributed by atoms with Gasteiger partial charge in [0.15, 0.2) is 0 Å². The molecule has 0 fully saturated rings. The summed E-state index contributed by atoms with van der Waals surface area (Å²) >= 11 is 0. The minimum absolute atomic E-state index is 0. The van der Waals surface area contributed by atoms with E-state index < -0.39 is 0 Å². The first kappa shape index (κ1) is 15.8. The molecule has 0 saturated carbocycles. The van der Waals surface area contributed by atoms with Gasteiger partial charge in [-0.05, 0) is 43.8 Å². The van der Waals surface area contributed by atoms with Crippen LogP contribution in [0.15, 0.2) is 60.7 Å². The largest absolute Gasteiger partial charge is 0.309 e. The highest BCUT2D eigenvalue weighted by Crippen LogP contribution is 2.43. The van der Waals surface area contributed by atoms with Gasteiger partial charge in [0.2, 0.25) is 0 Å². The Kier molecular flexibility index (Phi) is 4.87. The monoisotopic (exact) mass is 299 g/mol. The third kappa shape index (κ3) is 2.90. The average Bonchev–Trinajstić information content (AvgIpc) is 2.86. The maximum Gasteiger partial charge on any atom is 0.0403 e. The van der Waals surface area contributed by atoms with Gasteiger partial charge in [-0.1, -0.05) is 66.7 Å². The standard InChI is InChI=1S/C19H21N.ClH/c1-20(2)15-14-19(17-9-4-3-5-10-17)13-12-16-8-6-7-11-18(16)19;/h3-13H,14-15H2,1-2H3;1H. The van der Waals surface area contributed by atoms with Gasteiger partial charge in [0, 0.05) is 5.41 Å². The van der Waals surface area contributed by atoms with Crippen molar-refractivity contribution in [3.63, 3.8) is 0 Å². The van der Waals surface area contributed by atoms with Gasteiger partial charge in [-0.25, -0.2) is 0 Å². The van der Waals surface area contributed by atoms with E-state index in [1.807, 2.05) is 0 Å². The lowest BCUT2D eigenvalue weighted by atomic mass is 9.73. The van der Waals surface area contributed by atoms with Crippen molar-refractivity contribution in [2.45, 2.75) is 11.8 Å². The van der Waals surface area contributed by atoms with E-state index in [1.165, 1.54) is 16.7 Å². The summed E-state index contributed by atoms with van der Waals surface area (Å²) in [5, 5.41) is 0. The van der Waals surface area contributed by atoms with Gasteiger partial charge in [0.1, 0.15) is 0 Å². The van der Waals surface area contributed by atoms with Gasteiger partial charge in [0.05, 0.1) is 0 Å². The fraction of sp³-hybridized carbons (Fsp3) is 0.263. The van der Waals surface area contributed by atoms with E-state index in [-0.39, 0.29) is 17.8 Å². The van der Waals surface area contributed by atoms with Crippen LogP contribution < -0.4 is 0 Å². The Bertz CT molecular complexity index is 618. The maximum absolute atomic E-state index is 2.39. The van der Waals surface area contributed by atoms with E-state index in [9.17, 15) is 0 Å². The lowest BCUT2D eigenvalue weighted by Gasteiger charge is -2.31. The van der Waals surface area contributed by atoms with E-state index in [0.717, 1.165) is 13.0 Å². The van der Waals surface area contributed by atoms with E-state index in [2.05, 4.69) is 85.7 Å². The van der Waals surface area contributed by atoms with Crippen LogP contribution in [0.3, 0.4) is 0 Å².